The molecule has 0 saturated carbocycles. The number of fused-ring (bicyclic) bond motifs is 12. The summed E-state index contributed by atoms with van der Waals surface area (Å²) in [4.78, 5) is 24.8. The van der Waals surface area contributed by atoms with Crippen LogP contribution in [0.4, 0.5) is 0 Å². The van der Waals surface area contributed by atoms with Crippen LogP contribution in [0.1, 0.15) is 46.9 Å². The topological polar surface area (TPSA) is 34.1 Å². The Morgan fingerprint density at radius 1 is 0.577 bits per heavy atom. The molecule has 0 spiro atoms. The van der Waals surface area contributed by atoms with Crippen molar-refractivity contribution in [3.63, 3.8) is 0 Å². The highest BCUT2D eigenvalue weighted by Crippen LogP contribution is 2.49. The third kappa shape index (κ3) is 1.35. The fraction of sp³-hybridized carbons (Fsp3) is 0.167. The molecule has 2 atom stereocenters. The molecule has 0 aromatic heterocycles. The fourth-order valence-corrected chi connectivity index (χ4v) is 5.46. The molecule has 3 aromatic carbocycles. The average molecular weight is 334 g/mol. The number of carbonyl (C=O) groups is 2. The number of ketones is 2. The zero-order valence-corrected chi connectivity index (χ0v) is 14.0. The number of allylic oxidation sites excluding steroid dienone is 4. The second-order valence-electron chi connectivity index (χ2n) is 7.97. The van der Waals surface area contributed by atoms with Gasteiger partial charge in [0, 0.05) is 11.1 Å². The molecule has 4 bridgehead atoms. The van der Waals surface area contributed by atoms with E-state index in [0.717, 1.165) is 35.1 Å². The lowest BCUT2D eigenvalue weighted by Crippen LogP contribution is -1.99. The van der Waals surface area contributed by atoms with Crippen molar-refractivity contribution in [1.29, 1.82) is 0 Å². The van der Waals surface area contributed by atoms with E-state index in [9.17, 15) is 9.59 Å². The van der Waals surface area contributed by atoms with Gasteiger partial charge >= 0.3 is 0 Å². The van der Waals surface area contributed by atoms with E-state index in [4.69, 9.17) is 0 Å². The molecule has 2 heteroatoms. The highest BCUT2D eigenvalue weighted by atomic mass is 16.1. The fourth-order valence-electron chi connectivity index (χ4n) is 5.46. The molecule has 122 valence electrons. The van der Waals surface area contributed by atoms with Gasteiger partial charge in [-0.25, -0.2) is 0 Å². The summed E-state index contributed by atoms with van der Waals surface area (Å²) in [5.41, 5.74) is 6.45. The van der Waals surface area contributed by atoms with Crippen LogP contribution in [0.2, 0.25) is 0 Å². The van der Waals surface area contributed by atoms with Crippen molar-refractivity contribution in [3.8, 4) is 0 Å². The molecule has 26 heavy (non-hydrogen) atoms. The Hall–Kier alpha value is -3.00. The number of carbonyl (C=O) groups excluding carboxylic acids is 2. The minimum Gasteiger partial charge on any atom is -0.293 e. The summed E-state index contributed by atoms with van der Waals surface area (Å²) in [6.07, 6.45) is 5.88. The van der Waals surface area contributed by atoms with Crippen LogP contribution in [-0.4, -0.2) is 11.6 Å². The molecular weight excluding hydrogens is 320 g/mol. The SMILES string of the molecule is O=C1C2=CCC1c1cc3cc4cc5c(cc4cc3cc12)C1=CC[C@H]5C1=O. The molecule has 0 fully saturated rings. The van der Waals surface area contributed by atoms with Gasteiger partial charge in [0.1, 0.15) is 0 Å². The van der Waals surface area contributed by atoms with E-state index in [0.29, 0.717) is 11.6 Å². The van der Waals surface area contributed by atoms with Gasteiger partial charge in [-0.3, -0.25) is 9.59 Å². The smallest absolute Gasteiger partial charge is 0.170 e. The maximum Gasteiger partial charge on any atom is 0.170 e. The number of hydrogen-bond donors (Lipinski definition) is 0. The Kier molecular flexibility index (Phi) is 2.06. The maximum absolute atomic E-state index is 12.4. The van der Waals surface area contributed by atoms with Crippen molar-refractivity contribution in [2.45, 2.75) is 24.7 Å². The van der Waals surface area contributed by atoms with Gasteiger partial charge in [0.25, 0.3) is 0 Å². The normalized spacial score (nSPS) is 24.5. The lowest BCUT2D eigenvalue weighted by Gasteiger charge is -2.13. The summed E-state index contributed by atoms with van der Waals surface area (Å²) in [5.74, 6) is 0.669. The summed E-state index contributed by atoms with van der Waals surface area (Å²) in [7, 11) is 0. The second-order valence-corrected chi connectivity index (χ2v) is 7.97. The van der Waals surface area contributed by atoms with Crippen molar-refractivity contribution in [3.05, 3.63) is 70.8 Å². The monoisotopic (exact) mass is 334 g/mol. The van der Waals surface area contributed by atoms with Crippen LogP contribution in [0.15, 0.2) is 48.6 Å². The largest absolute Gasteiger partial charge is 0.293 e. The third-order valence-electron chi connectivity index (χ3n) is 6.74. The summed E-state index contributed by atoms with van der Waals surface area (Å²) in [5, 5.41) is 4.71. The number of Topliss-reactive ketones (excluding diaryl/α,β-unsaturated/α-hetero) is 2. The van der Waals surface area contributed by atoms with Crippen LogP contribution in [-0.2, 0) is 9.59 Å². The van der Waals surface area contributed by atoms with Crippen molar-refractivity contribution < 1.29 is 9.59 Å². The van der Waals surface area contributed by atoms with Crippen molar-refractivity contribution in [2.75, 3.05) is 0 Å². The van der Waals surface area contributed by atoms with Gasteiger partial charge in [0.2, 0.25) is 0 Å². The molecule has 4 aliphatic rings. The van der Waals surface area contributed by atoms with Crippen molar-refractivity contribution >= 4 is 44.3 Å². The van der Waals surface area contributed by atoms with E-state index in [1.54, 1.807) is 0 Å². The Morgan fingerprint density at radius 3 is 1.46 bits per heavy atom. The Balaban J connectivity index is 1.53. The lowest BCUT2D eigenvalue weighted by molar-refractivity contribution is -0.114. The van der Waals surface area contributed by atoms with Crippen LogP contribution < -0.4 is 0 Å². The molecule has 0 aliphatic heterocycles. The van der Waals surface area contributed by atoms with Gasteiger partial charge in [0.15, 0.2) is 11.6 Å². The van der Waals surface area contributed by atoms with Gasteiger partial charge < -0.3 is 0 Å². The molecule has 0 amide bonds. The van der Waals surface area contributed by atoms with Crippen LogP contribution >= 0.6 is 0 Å². The Labute approximate surface area is 149 Å². The van der Waals surface area contributed by atoms with Crippen molar-refractivity contribution in [2.24, 2.45) is 0 Å². The Bertz CT molecular complexity index is 1220. The third-order valence-corrected chi connectivity index (χ3v) is 6.74. The number of benzene rings is 3. The summed E-state index contributed by atoms with van der Waals surface area (Å²) in [6.45, 7) is 0. The maximum atomic E-state index is 12.4. The molecule has 0 heterocycles. The first-order valence-corrected chi connectivity index (χ1v) is 9.24. The molecule has 1 unspecified atom stereocenters. The van der Waals surface area contributed by atoms with Crippen LogP contribution in [0, 0.1) is 0 Å². The molecule has 4 aliphatic carbocycles. The lowest BCUT2D eigenvalue weighted by atomic mass is 9.89. The van der Waals surface area contributed by atoms with Crippen molar-refractivity contribution in [1.82, 2.24) is 0 Å². The van der Waals surface area contributed by atoms with E-state index in [1.165, 1.54) is 32.7 Å². The van der Waals surface area contributed by atoms with E-state index >= 15 is 0 Å². The van der Waals surface area contributed by atoms with E-state index < -0.39 is 0 Å². The van der Waals surface area contributed by atoms with E-state index in [1.807, 2.05) is 0 Å². The molecule has 3 aromatic rings. The summed E-state index contributed by atoms with van der Waals surface area (Å²) >= 11 is 0. The van der Waals surface area contributed by atoms with Gasteiger partial charge in [-0.15, -0.1) is 0 Å². The summed E-state index contributed by atoms with van der Waals surface area (Å²) in [6, 6.07) is 13.2. The predicted octanol–water partition coefficient (Wildman–Crippen LogP) is 4.90. The highest BCUT2D eigenvalue weighted by Gasteiger charge is 2.40. The molecule has 2 nitrogen and oxygen atoms in total. The predicted molar refractivity (Wildman–Crippen MR) is 102 cm³/mol. The molecule has 0 saturated heterocycles. The first-order valence-electron chi connectivity index (χ1n) is 9.24. The highest BCUT2D eigenvalue weighted by molar-refractivity contribution is 6.31. The second kappa shape index (κ2) is 4.04. The van der Waals surface area contributed by atoms with E-state index in [-0.39, 0.29) is 11.8 Å². The van der Waals surface area contributed by atoms with Gasteiger partial charge in [-0.1, -0.05) is 12.2 Å². The minimum atomic E-state index is 0.0420. The standard InChI is InChI=1S/C24H14O2/c25-23-15-1-2-16(23)20-8-12-6-14-10-22-18-4-3-17(24(18)26)21(22)9-13(14)5-11(12)7-19(15)20/h1,3,5-10,16,18H,2,4H2/t16-,18?/m1/s1. The Morgan fingerprint density at radius 2 is 1.00 bits per heavy atom. The molecular formula is C24H14O2. The van der Waals surface area contributed by atoms with Crippen LogP contribution in [0.3, 0.4) is 0 Å². The zero-order chi connectivity index (χ0) is 17.2. The first-order chi connectivity index (χ1) is 12.7. The average Bonchev–Trinajstić information content (AvgIpc) is 3.34. The summed E-state index contributed by atoms with van der Waals surface area (Å²) < 4.78 is 0. The van der Waals surface area contributed by atoms with Gasteiger partial charge in [0.05, 0.1) is 11.8 Å². The van der Waals surface area contributed by atoms with Crippen LogP contribution in [0.25, 0.3) is 32.7 Å². The molecule has 0 radical (unpaired) electrons. The number of hydrogen-bond acceptors (Lipinski definition) is 2. The number of rotatable bonds is 0. The van der Waals surface area contributed by atoms with Gasteiger partial charge in [-0.05, 0) is 93.0 Å². The van der Waals surface area contributed by atoms with Crippen LogP contribution in [0.5, 0.6) is 0 Å². The zero-order valence-electron chi connectivity index (χ0n) is 14.0. The quantitative estimate of drug-likeness (QED) is 0.548. The van der Waals surface area contributed by atoms with E-state index in [2.05, 4.69) is 48.6 Å². The molecule has 0 N–H and O–H groups in total. The minimum absolute atomic E-state index is 0.0420. The molecule has 7 rings (SSSR count). The first kappa shape index (κ1) is 13.2. The van der Waals surface area contributed by atoms with Gasteiger partial charge in [-0.2, -0.15) is 0 Å².